The van der Waals surface area contributed by atoms with Crippen molar-refractivity contribution in [2.45, 2.75) is 20.0 Å². The molecule has 0 bridgehead atoms. The summed E-state index contributed by atoms with van der Waals surface area (Å²) in [7, 11) is 0. The molecule has 0 spiro atoms. The molecule has 0 radical (unpaired) electrons. The largest absolute Gasteiger partial charge is 0.459 e. The molecule has 0 aliphatic rings. The Morgan fingerprint density at radius 1 is 1.43 bits per heavy atom. The first-order chi connectivity index (χ1) is 9.95. The summed E-state index contributed by atoms with van der Waals surface area (Å²) in [5.41, 5.74) is 0.164. The average molecular weight is 286 g/mol. The molecule has 6 heteroatoms. The summed E-state index contributed by atoms with van der Waals surface area (Å²) >= 11 is 0. The van der Waals surface area contributed by atoms with Gasteiger partial charge in [-0.05, 0) is 32.1 Å². The zero-order chi connectivity index (χ0) is 15.8. The molecule has 0 unspecified atom stereocenters. The van der Waals surface area contributed by atoms with Crippen LogP contribution in [0.15, 0.2) is 42.0 Å². The monoisotopic (exact) mass is 286 g/mol. The van der Waals surface area contributed by atoms with E-state index in [-0.39, 0.29) is 17.4 Å². The third-order valence-corrected chi connectivity index (χ3v) is 2.36. The summed E-state index contributed by atoms with van der Waals surface area (Å²) in [5.74, 6) is -0.722. The Hall–Kier alpha value is -2.94. The van der Waals surface area contributed by atoms with E-state index in [0.717, 1.165) is 0 Å². The van der Waals surface area contributed by atoms with E-state index < -0.39 is 10.9 Å². The fraction of sp³-hybridized carbons (Fsp3) is 0.200. The van der Waals surface area contributed by atoms with Crippen LogP contribution in [0.25, 0.3) is 6.08 Å². The Balaban J connectivity index is 2.95. The number of nitriles is 1. The van der Waals surface area contributed by atoms with Crippen molar-refractivity contribution in [3.05, 3.63) is 57.7 Å². The van der Waals surface area contributed by atoms with E-state index >= 15 is 0 Å². The lowest BCUT2D eigenvalue weighted by atomic mass is 10.1. The number of para-hydroxylation sites is 1. The summed E-state index contributed by atoms with van der Waals surface area (Å²) in [5, 5.41) is 19.7. The molecule has 21 heavy (non-hydrogen) atoms. The van der Waals surface area contributed by atoms with Crippen molar-refractivity contribution in [3.63, 3.8) is 0 Å². The van der Waals surface area contributed by atoms with Gasteiger partial charge in [-0.25, -0.2) is 4.79 Å². The Bertz CT molecular complexity index is 639. The summed E-state index contributed by atoms with van der Waals surface area (Å²) in [6.45, 7) is 3.35. The molecule has 0 fully saturated rings. The quantitative estimate of drug-likeness (QED) is 0.207. The lowest BCUT2D eigenvalue weighted by molar-refractivity contribution is -0.385. The first-order valence-electron chi connectivity index (χ1n) is 6.18. The van der Waals surface area contributed by atoms with Gasteiger partial charge in [0.2, 0.25) is 0 Å². The van der Waals surface area contributed by atoms with Crippen LogP contribution in [0, 0.1) is 21.4 Å². The Morgan fingerprint density at radius 3 is 2.67 bits per heavy atom. The molecule has 0 saturated carbocycles. The van der Waals surface area contributed by atoms with Gasteiger partial charge in [-0.1, -0.05) is 18.2 Å². The number of nitro groups is 1. The van der Waals surface area contributed by atoms with Crippen molar-refractivity contribution in [2.75, 3.05) is 0 Å². The lowest BCUT2D eigenvalue weighted by Gasteiger charge is -2.05. The Morgan fingerprint density at radius 2 is 2.10 bits per heavy atom. The fourth-order valence-corrected chi connectivity index (χ4v) is 1.47. The molecular weight excluding hydrogens is 272 g/mol. The molecule has 0 atom stereocenters. The van der Waals surface area contributed by atoms with Crippen molar-refractivity contribution in [1.29, 1.82) is 5.26 Å². The maximum absolute atomic E-state index is 11.5. The van der Waals surface area contributed by atoms with E-state index in [9.17, 15) is 14.9 Å². The van der Waals surface area contributed by atoms with Crippen LogP contribution in [-0.2, 0) is 9.53 Å². The van der Waals surface area contributed by atoms with Crippen LogP contribution in [0.3, 0.4) is 0 Å². The van der Waals surface area contributed by atoms with E-state index in [4.69, 9.17) is 10.00 Å². The second-order valence-electron chi connectivity index (χ2n) is 4.32. The number of carbonyl (C=O) groups excluding carboxylic acids is 1. The highest BCUT2D eigenvalue weighted by Crippen LogP contribution is 2.19. The van der Waals surface area contributed by atoms with Gasteiger partial charge in [0.1, 0.15) is 11.6 Å². The van der Waals surface area contributed by atoms with Gasteiger partial charge in [0.05, 0.1) is 16.6 Å². The van der Waals surface area contributed by atoms with Crippen molar-refractivity contribution < 1.29 is 14.5 Å². The molecule has 1 aromatic rings. The minimum absolute atomic E-state index is 0.0505. The molecule has 1 rings (SSSR count). The highest BCUT2D eigenvalue weighted by Gasteiger charge is 2.12. The first kappa shape index (κ1) is 16.1. The summed E-state index contributed by atoms with van der Waals surface area (Å²) in [6.07, 6.45) is 3.80. The van der Waals surface area contributed by atoms with Gasteiger partial charge in [0.15, 0.2) is 0 Å². The molecule has 108 valence electrons. The first-order valence-corrected chi connectivity index (χ1v) is 6.18. The summed E-state index contributed by atoms with van der Waals surface area (Å²) in [4.78, 5) is 21.9. The number of rotatable bonds is 5. The molecule has 0 saturated heterocycles. The van der Waals surface area contributed by atoms with Crippen molar-refractivity contribution in [3.8, 4) is 6.07 Å². The smallest absolute Gasteiger partial charge is 0.349 e. The second kappa shape index (κ2) is 7.60. The van der Waals surface area contributed by atoms with Crippen molar-refractivity contribution >= 4 is 17.7 Å². The maximum atomic E-state index is 11.5. The van der Waals surface area contributed by atoms with E-state index in [0.29, 0.717) is 5.56 Å². The van der Waals surface area contributed by atoms with Crippen molar-refractivity contribution in [2.24, 2.45) is 0 Å². The third-order valence-electron chi connectivity index (χ3n) is 2.36. The number of nitro benzene ring substituents is 1. The zero-order valence-corrected chi connectivity index (χ0v) is 11.6. The third kappa shape index (κ3) is 4.91. The van der Waals surface area contributed by atoms with E-state index in [2.05, 4.69) is 0 Å². The van der Waals surface area contributed by atoms with Crippen molar-refractivity contribution in [1.82, 2.24) is 0 Å². The minimum atomic E-state index is -0.722. The number of hydrogen-bond acceptors (Lipinski definition) is 5. The molecule has 6 nitrogen and oxygen atoms in total. The lowest BCUT2D eigenvalue weighted by Crippen LogP contribution is -2.12. The minimum Gasteiger partial charge on any atom is -0.459 e. The predicted molar refractivity (Wildman–Crippen MR) is 77.1 cm³/mol. The number of hydrogen-bond donors (Lipinski definition) is 0. The zero-order valence-electron chi connectivity index (χ0n) is 11.6. The molecule has 0 aromatic heterocycles. The van der Waals surface area contributed by atoms with Gasteiger partial charge >= 0.3 is 5.97 Å². The SMILES string of the molecule is CC(C)OC(=O)/C(C#N)=C/C=C/c1ccccc1[N+](=O)[O-]. The standard InChI is InChI=1S/C15H14N2O4/c1-11(2)21-15(18)13(10-16)8-5-7-12-6-3-4-9-14(12)17(19)20/h3-9,11H,1-2H3/b7-5+,13-8+. The molecule has 1 aromatic carbocycles. The van der Waals surface area contributed by atoms with Gasteiger partial charge < -0.3 is 4.74 Å². The second-order valence-corrected chi connectivity index (χ2v) is 4.32. The number of ether oxygens (including phenoxy) is 1. The molecule has 0 N–H and O–H groups in total. The molecule has 0 aliphatic heterocycles. The predicted octanol–water partition coefficient (Wildman–Crippen LogP) is 3.01. The molecule has 0 heterocycles. The maximum Gasteiger partial charge on any atom is 0.349 e. The van der Waals surface area contributed by atoms with Crippen LogP contribution in [0.4, 0.5) is 5.69 Å². The van der Waals surface area contributed by atoms with Crippen LogP contribution in [0.2, 0.25) is 0 Å². The van der Waals surface area contributed by atoms with Crippen LogP contribution in [0.1, 0.15) is 19.4 Å². The molecule has 0 aliphatic carbocycles. The fourth-order valence-electron chi connectivity index (χ4n) is 1.47. The van der Waals surface area contributed by atoms with Gasteiger partial charge in [-0.2, -0.15) is 5.26 Å². The normalized spacial score (nSPS) is 11.4. The average Bonchev–Trinajstić information content (AvgIpc) is 2.43. The van der Waals surface area contributed by atoms with Crippen LogP contribution in [0.5, 0.6) is 0 Å². The van der Waals surface area contributed by atoms with E-state index in [1.807, 2.05) is 0 Å². The van der Waals surface area contributed by atoms with Gasteiger partial charge in [-0.15, -0.1) is 0 Å². The van der Waals surface area contributed by atoms with Crippen LogP contribution < -0.4 is 0 Å². The molecule has 0 amide bonds. The van der Waals surface area contributed by atoms with Gasteiger partial charge in [0, 0.05) is 6.07 Å². The highest BCUT2D eigenvalue weighted by atomic mass is 16.6. The highest BCUT2D eigenvalue weighted by molar-refractivity contribution is 5.93. The topological polar surface area (TPSA) is 93.2 Å². The number of esters is 1. The Kier molecular flexibility index (Phi) is 5.83. The number of carbonyl (C=O) groups is 1. The Labute approximate surface area is 122 Å². The summed E-state index contributed by atoms with van der Waals surface area (Å²) < 4.78 is 4.90. The van der Waals surface area contributed by atoms with Crippen LogP contribution >= 0.6 is 0 Å². The molecular formula is C15H14N2O4. The number of benzene rings is 1. The number of nitrogens with zero attached hydrogens (tertiary/aromatic N) is 2. The van der Waals surface area contributed by atoms with E-state index in [1.54, 1.807) is 38.1 Å². The van der Waals surface area contributed by atoms with Gasteiger partial charge in [0.25, 0.3) is 5.69 Å². The van der Waals surface area contributed by atoms with Gasteiger partial charge in [-0.3, -0.25) is 10.1 Å². The summed E-state index contributed by atoms with van der Waals surface area (Å²) in [6, 6.07) is 7.90. The number of allylic oxidation sites excluding steroid dienone is 2. The van der Waals surface area contributed by atoms with Crippen LogP contribution in [-0.4, -0.2) is 17.0 Å². The van der Waals surface area contributed by atoms with E-state index in [1.165, 1.54) is 24.3 Å².